The Balaban J connectivity index is 1.77. The summed E-state index contributed by atoms with van der Waals surface area (Å²) in [5, 5.41) is 6.11. The van der Waals surface area contributed by atoms with Gasteiger partial charge in [-0.15, -0.1) is 11.8 Å². The summed E-state index contributed by atoms with van der Waals surface area (Å²) in [4.78, 5) is 19.8. The van der Waals surface area contributed by atoms with E-state index in [0.717, 1.165) is 15.3 Å². The van der Waals surface area contributed by atoms with Crippen molar-refractivity contribution >= 4 is 23.5 Å². The molecule has 0 atom stereocenters. The first kappa shape index (κ1) is 17.2. The highest BCUT2D eigenvalue weighted by Gasteiger charge is 2.11. The van der Waals surface area contributed by atoms with Crippen molar-refractivity contribution in [2.75, 3.05) is 17.6 Å². The summed E-state index contributed by atoms with van der Waals surface area (Å²) in [5.41, 5.74) is 0.567. The van der Waals surface area contributed by atoms with Crippen LogP contribution in [-0.4, -0.2) is 32.9 Å². The first-order valence-corrected chi connectivity index (χ1v) is 8.02. The number of imidazole rings is 1. The Bertz CT molecular complexity index is 632. The van der Waals surface area contributed by atoms with Gasteiger partial charge in [-0.1, -0.05) is 6.92 Å². The number of hydrogen-bond acceptors (Lipinski definition) is 4. The molecule has 23 heavy (non-hydrogen) atoms. The maximum atomic E-state index is 12.6. The summed E-state index contributed by atoms with van der Waals surface area (Å²) < 4.78 is 26.0. The van der Waals surface area contributed by atoms with Crippen molar-refractivity contribution in [1.82, 2.24) is 19.9 Å². The average molecular weight is 341 g/mol. The van der Waals surface area contributed by atoms with Crippen LogP contribution < -0.4 is 10.6 Å². The molecule has 124 valence electrons. The molecule has 2 N–H and O–H groups in total. The zero-order chi connectivity index (χ0) is 16.7. The van der Waals surface area contributed by atoms with Crippen molar-refractivity contribution in [1.29, 1.82) is 0 Å². The zero-order valence-corrected chi connectivity index (χ0v) is 13.3. The predicted molar refractivity (Wildman–Crippen MR) is 84.8 cm³/mol. The molecule has 2 aromatic rings. The molecule has 2 heterocycles. The highest BCUT2D eigenvalue weighted by molar-refractivity contribution is 7.99. The molecule has 0 saturated carbocycles. The van der Waals surface area contributed by atoms with Gasteiger partial charge >= 0.3 is 12.6 Å². The number of aromatic nitrogens is 3. The SMILES string of the molecule is CCSc1ccc(NC(=O)NCCc2nccn2C(F)F)cn1. The van der Waals surface area contributed by atoms with Gasteiger partial charge in [-0.05, 0) is 17.9 Å². The fourth-order valence-electron chi connectivity index (χ4n) is 1.87. The molecule has 0 aliphatic rings. The molecule has 0 fully saturated rings. The second-order valence-electron chi connectivity index (χ2n) is 4.48. The second kappa shape index (κ2) is 8.47. The Morgan fingerprint density at radius 2 is 2.22 bits per heavy atom. The maximum absolute atomic E-state index is 12.6. The lowest BCUT2D eigenvalue weighted by Gasteiger charge is -2.09. The summed E-state index contributed by atoms with van der Waals surface area (Å²) >= 11 is 1.61. The van der Waals surface area contributed by atoms with E-state index in [1.165, 1.54) is 12.4 Å². The van der Waals surface area contributed by atoms with E-state index >= 15 is 0 Å². The smallest absolute Gasteiger partial charge is 0.319 e. The maximum Gasteiger partial charge on any atom is 0.319 e. The number of nitrogens with one attached hydrogen (secondary N) is 2. The van der Waals surface area contributed by atoms with Gasteiger partial charge in [0.1, 0.15) is 5.82 Å². The molecule has 0 bridgehead atoms. The van der Waals surface area contributed by atoms with E-state index in [4.69, 9.17) is 0 Å². The molecule has 6 nitrogen and oxygen atoms in total. The molecular weight excluding hydrogens is 324 g/mol. The van der Waals surface area contributed by atoms with Crippen molar-refractivity contribution in [2.45, 2.75) is 24.9 Å². The van der Waals surface area contributed by atoms with Crippen LogP contribution in [0.5, 0.6) is 0 Å². The number of carbonyl (C=O) groups is 1. The van der Waals surface area contributed by atoms with Crippen LogP contribution in [0.15, 0.2) is 35.7 Å². The minimum atomic E-state index is -2.63. The van der Waals surface area contributed by atoms with Crippen LogP contribution in [0.25, 0.3) is 0 Å². The van der Waals surface area contributed by atoms with E-state index in [0.29, 0.717) is 5.69 Å². The van der Waals surface area contributed by atoms with Crippen LogP contribution in [0.3, 0.4) is 0 Å². The number of carbonyl (C=O) groups excluding carboxylic acids is 1. The third kappa shape index (κ3) is 5.20. The van der Waals surface area contributed by atoms with E-state index in [9.17, 15) is 13.6 Å². The van der Waals surface area contributed by atoms with Crippen LogP contribution in [0.1, 0.15) is 19.3 Å². The van der Waals surface area contributed by atoms with E-state index in [2.05, 4.69) is 20.6 Å². The van der Waals surface area contributed by atoms with E-state index < -0.39 is 12.6 Å². The second-order valence-corrected chi connectivity index (χ2v) is 5.76. The molecule has 0 aromatic carbocycles. The number of thioether (sulfide) groups is 1. The Kier molecular flexibility index (Phi) is 6.33. The van der Waals surface area contributed by atoms with Crippen molar-refractivity contribution in [3.05, 3.63) is 36.5 Å². The molecule has 0 radical (unpaired) electrons. The van der Waals surface area contributed by atoms with Crippen LogP contribution in [0, 0.1) is 0 Å². The summed E-state index contributed by atoms with van der Waals surface area (Å²) in [7, 11) is 0. The number of alkyl halides is 2. The van der Waals surface area contributed by atoms with Gasteiger partial charge in [0.15, 0.2) is 0 Å². The minimum Gasteiger partial charge on any atom is -0.337 e. The van der Waals surface area contributed by atoms with Crippen LogP contribution in [-0.2, 0) is 6.42 Å². The fourth-order valence-corrected chi connectivity index (χ4v) is 2.45. The average Bonchev–Trinajstić information content (AvgIpc) is 2.98. The topological polar surface area (TPSA) is 71.8 Å². The number of hydrogen-bond donors (Lipinski definition) is 2. The number of amides is 2. The van der Waals surface area contributed by atoms with Gasteiger partial charge in [-0.3, -0.25) is 4.57 Å². The number of pyridine rings is 1. The molecule has 2 amide bonds. The van der Waals surface area contributed by atoms with Crippen LogP contribution >= 0.6 is 11.8 Å². The third-order valence-electron chi connectivity index (χ3n) is 2.88. The number of halogens is 2. The van der Waals surface area contributed by atoms with Crippen LogP contribution in [0.4, 0.5) is 19.3 Å². The van der Waals surface area contributed by atoms with Crippen LogP contribution in [0.2, 0.25) is 0 Å². The van der Waals surface area contributed by atoms with Crippen molar-refractivity contribution in [3.8, 4) is 0 Å². The molecule has 0 saturated heterocycles. The van der Waals surface area contributed by atoms with Gasteiger partial charge in [-0.25, -0.2) is 14.8 Å². The Morgan fingerprint density at radius 1 is 1.39 bits per heavy atom. The number of nitrogens with zero attached hydrogens (tertiary/aromatic N) is 3. The molecular formula is C14H17F2N5OS. The van der Waals surface area contributed by atoms with Crippen molar-refractivity contribution < 1.29 is 13.6 Å². The van der Waals surface area contributed by atoms with Gasteiger partial charge < -0.3 is 10.6 Å². The Hall–Kier alpha value is -2.16. The molecule has 0 aliphatic carbocycles. The monoisotopic (exact) mass is 341 g/mol. The summed E-state index contributed by atoms with van der Waals surface area (Å²) in [5.74, 6) is 1.15. The van der Waals surface area contributed by atoms with E-state index in [1.54, 1.807) is 24.0 Å². The first-order valence-electron chi connectivity index (χ1n) is 7.03. The highest BCUT2D eigenvalue weighted by Crippen LogP contribution is 2.16. The Morgan fingerprint density at radius 3 is 2.87 bits per heavy atom. The largest absolute Gasteiger partial charge is 0.337 e. The van der Waals surface area contributed by atoms with E-state index in [-0.39, 0.29) is 18.8 Å². The van der Waals surface area contributed by atoms with Gasteiger partial charge in [0.05, 0.1) is 16.9 Å². The number of rotatable bonds is 7. The molecule has 2 rings (SSSR count). The van der Waals surface area contributed by atoms with Gasteiger partial charge in [-0.2, -0.15) is 8.78 Å². The number of urea groups is 1. The molecule has 0 unspecified atom stereocenters. The van der Waals surface area contributed by atoms with E-state index in [1.807, 2.05) is 13.0 Å². The number of anilines is 1. The first-order chi connectivity index (χ1) is 11.1. The van der Waals surface area contributed by atoms with Gasteiger partial charge in [0, 0.05) is 25.4 Å². The zero-order valence-electron chi connectivity index (χ0n) is 12.5. The lowest BCUT2D eigenvalue weighted by molar-refractivity contribution is 0.0670. The molecule has 0 aliphatic heterocycles. The van der Waals surface area contributed by atoms with Crippen molar-refractivity contribution in [3.63, 3.8) is 0 Å². The lowest BCUT2D eigenvalue weighted by atomic mass is 10.4. The summed E-state index contributed by atoms with van der Waals surface area (Å²) in [6.45, 7) is -0.398. The molecule has 9 heteroatoms. The predicted octanol–water partition coefficient (Wildman–Crippen LogP) is 3.15. The van der Waals surface area contributed by atoms with Gasteiger partial charge in [0.2, 0.25) is 0 Å². The standard InChI is InChI=1S/C14H17F2N5OS/c1-2-23-12-4-3-10(9-19-12)20-14(22)18-6-5-11-17-7-8-21(11)13(15)16/h3-4,7-9,13H,2,5-6H2,1H3,(H2,18,20,22). The van der Waals surface area contributed by atoms with Crippen molar-refractivity contribution in [2.24, 2.45) is 0 Å². The normalized spacial score (nSPS) is 10.8. The molecule has 2 aromatic heterocycles. The fraction of sp³-hybridized carbons (Fsp3) is 0.357. The lowest BCUT2D eigenvalue weighted by Crippen LogP contribution is -2.31. The minimum absolute atomic E-state index is 0.201. The Labute approximate surface area is 136 Å². The highest BCUT2D eigenvalue weighted by atomic mass is 32.2. The van der Waals surface area contributed by atoms with Gasteiger partial charge in [0.25, 0.3) is 0 Å². The summed E-state index contributed by atoms with van der Waals surface area (Å²) in [6.07, 6.45) is 4.31. The summed E-state index contributed by atoms with van der Waals surface area (Å²) in [6, 6.07) is 3.16. The molecule has 0 spiro atoms. The third-order valence-corrected chi connectivity index (χ3v) is 3.71. The quantitative estimate of drug-likeness (QED) is 0.759.